The van der Waals surface area contributed by atoms with Crippen molar-refractivity contribution in [3.8, 4) is 0 Å². The third-order valence-corrected chi connectivity index (χ3v) is 3.86. The Morgan fingerprint density at radius 3 is 2.44 bits per heavy atom. The molecular weight excluding hydrogens is 230 g/mol. The first-order valence-electron chi connectivity index (χ1n) is 6.85. The summed E-state index contributed by atoms with van der Waals surface area (Å²) in [6.45, 7) is 6.15. The van der Waals surface area contributed by atoms with Gasteiger partial charge in [0.25, 0.3) is 0 Å². The first-order chi connectivity index (χ1) is 8.32. The van der Waals surface area contributed by atoms with E-state index in [1.54, 1.807) is 0 Å². The minimum absolute atomic E-state index is 0.238. The second-order valence-corrected chi connectivity index (χ2v) is 6.53. The number of ether oxygens (including phenoxy) is 1. The number of amides is 1. The predicted molar refractivity (Wildman–Crippen MR) is 68.4 cm³/mol. The first kappa shape index (κ1) is 13.4. The Bertz CT molecular complexity index is 351. The fraction of sp³-hybridized carbons (Fsp3) is 0.857. The fourth-order valence-corrected chi connectivity index (χ4v) is 3.11. The molecule has 0 bridgehead atoms. The average molecular weight is 253 g/mol. The van der Waals surface area contributed by atoms with Crippen LogP contribution in [0.3, 0.4) is 0 Å². The molecule has 4 nitrogen and oxygen atoms in total. The van der Waals surface area contributed by atoms with Crippen LogP contribution in [0, 0.1) is 0 Å². The zero-order chi connectivity index (χ0) is 13.4. The molecular formula is C14H23NO3. The molecule has 4 heteroatoms. The lowest BCUT2D eigenvalue weighted by Gasteiger charge is -2.44. The number of piperidine rings is 1. The quantitative estimate of drug-likeness (QED) is 0.667. The van der Waals surface area contributed by atoms with Crippen LogP contribution < -0.4 is 0 Å². The van der Waals surface area contributed by atoms with E-state index >= 15 is 0 Å². The molecule has 0 aromatic carbocycles. The zero-order valence-electron chi connectivity index (χ0n) is 11.6. The van der Waals surface area contributed by atoms with E-state index in [-0.39, 0.29) is 17.4 Å². The minimum atomic E-state index is -0.474. The van der Waals surface area contributed by atoms with E-state index < -0.39 is 5.60 Å². The molecule has 2 rings (SSSR count). The molecule has 0 N–H and O–H groups in total. The van der Waals surface area contributed by atoms with Crippen LogP contribution in [-0.4, -0.2) is 34.5 Å². The van der Waals surface area contributed by atoms with Crippen molar-refractivity contribution < 1.29 is 14.3 Å². The maximum atomic E-state index is 12.3. The summed E-state index contributed by atoms with van der Waals surface area (Å²) >= 11 is 0. The van der Waals surface area contributed by atoms with Crippen LogP contribution in [-0.2, 0) is 9.53 Å². The Morgan fingerprint density at radius 2 is 1.89 bits per heavy atom. The predicted octanol–water partition coefficient (Wildman–Crippen LogP) is 2.90. The molecule has 1 heterocycles. The van der Waals surface area contributed by atoms with Gasteiger partial charge in [0.05, 0.1) is 5.54 Å². The molecule has 1 saturated carbocycles. The van der Waals surface area contributed by atoms with Crippen molar-refractivity contribution in [1.29, 1.82) is 0 Å². The lowest BCUT2D eigenvalue weighted by atomic mass is 9.84. The van der Waals surface area contributed by atoms with E-state index in [1.807, 2.05) is 25.7 Å². The van der Waals surface area contributed by atoms with Crippen LogP contribution in [0.25, 0.3) is 0 Å². The smallest absolute Gasteiger partial charge is 0.410 e. The van der Waals surface area contributed by atoms with Gasteiger partial charge in [-0.2, -0.15) is 0 Å². The molecule has 1 aliphatic heterocycles. The molecule has 102 valence electrons. The lowest BCUT2D eigenvalue weighted by Crippen LogP contribution is -2.56. The molecule has 2 fully saturated rings. The van der Waals surface area contributed by atoms with Crippen LogP contribution in [0.1, 0.15) is 59.3 Å². The van der Waals surface area contributed by atoms with Crippen LogP contribution in [0.15, 0.2) is 0 Å². The SMILES string of the molecule is CC(C)(C)OC(=O)N1CCC(=O)CC12CCCC2. The Labute approximate surface area is 109 Å². The van der Waals surface area contributed by atoms with Gasteiger partial charge in [-0.1, -0.05) is 12.8 Å². The van der Waals surface area contributed by atoms with Crippen molar-refractivity contribution in [3.05, 3.63) is 0 Å². The zero-order valence-corrected chi connectivity index (χ0v) is 11.6. The minimum Gasteiger partial charge on any atom is -0.444 e. The number of ketones is 1. The Hall–Kier alpha value is -1.06. The molecule has 1 amide bonds. The highest BCUT2D eigenvalue weighted by Gasteiger charge is 2.47. The molecule has 1 saturated heterocycles. The number of Topliss-reactive ketones (excluding diaryl/α,β-unsaturated/α-hetero) is 1. The first-order valence-corrected chi connectivity index (χ1v) is 6.85. The molecule has 0 unspecified atom stereocenters. The van der Waals surface area contributed by atoms with Gasteiger partial charge in [0, 0.05) is 19.4 Å². The summed E-state index contributed by atoms with van der Waals surface area (Å²) in [6.07, 6.45) is 4.83. The highest BCUT2D eigenvalue weighted by Crippen LogP contribution is 2.41. The third-order valence-electron chi connectivity index (χ3n) is 3.86. The van der Waals surface area contributed by atoms with Crippen molar-refractivity contribution in [2.75, 3.05) is 6.54 Å². The fourth-order valence-electron chi connectivity index (χ4n) is 3.11. The highest BCUT2D eigenvalue weighted by molar-refractivity contribution is 5.83. The number of hydrogen-bond donors (Lipinski definition) is 0. The molecule has 0 radical (unpaired) electrons. The Morgan fingerprint density at radius 1 is 1.28 bits per heavy atom. The van der Waals surface area contributed by atoms with Crippen molar-refractivity contribution in [2.24, 2.45) is 0 Å². The summed E-state index contributed by atoms with van der Waals surface area (Å²) in [5, 5.41) is 0. The van der Waals surface area contributed by atoms with E-state index in [0.29, 0.717) is 19.4 Å². The van der Waals surface area contributed by atoms with Crippen molar-refractivity contribution in [3.63, 3.8) is 0 Å². The maximum Gasteiger partial charge on any atom is 0.410 e. The van der Waals surface area contributed by atoms with Crippen LogP contribution in [0.2, 0.25) is 0 Å². The number of likely N-dealkylation sites (tertiary alicyclic amines) is 1. The van der Waals surface area contributed by atoms with E-state index in [1.165, 1.54) is 0 Å². The topological polar surface area (TPSA) is 46.6 Å². The summed E-state index contributed by atoms with van der Waals surface area (Å²) in [5.41, 5.74) is -0.712. The third kappa shape index (κ3) is 2.68. The number of carbonyl (C=O) groups excluding carboxylic acids is 2. The van der Waals surface area contributed by atoms with Crippen LogP contribution >= 0.6 is 0 Å². The van der Waals surface area contributed by atoms with Gasteiger partial charge in [0.2, 0.25) is 0 Å². The standard InChI is InChI=1S/C14H23NO3/c1-13(2,3)18-12(17)15-9-6-11(16)10-14(15)7-4-5-8-14/h4-10H2,1-3H3. The molecule has 1 aliphatic carbocycles. The largest absolute Gasteiger partial charge is 0.444 e. The van der Waals surface area contributed by atoms with Gasteiger partial charge >= 0.3 is 6.09 Å². The Kier molecular flexibility index (Phi) is 3.39. The molecule has 0 aromatic rings. The number of hydrogen-bond acceptors (Lipinski definition) is 3. The summed E-state index contributed by atoms with van der Waals surface area (Å²) in [7, 11) is 0. The number of carbonyl (C=O) groups is 2. The monoisotopic (exact) mass is 253 g/mol. The average Bonchev–Trinajstić information content (AvgIpc) is 2.63. The van der Waals surface area contributed by atoms with Crippen molar-refractivity contribution in [1.82, 2.24) is 4.90 Å². The lowest BCUT2D eigenvalue weighted by molar-refractivity contribution is -0.126. The van der Waals surface area contributed by atoms with E-state index in [9.17, 15) is 9.59 Å². The second kappa shape index (κ2) is 4.56. The summed E-state index contributed by atoms with van der Waals surface area (Å²) in [4.78, 5) is 25.8. The van der Waals surface area contributed by atoms with E-state index in [0.717, 1.165) is 25.7 Å². The van der Waals surface area contributed by atoms with Gasteiger partial charge < -0.3 is 9.64 Å². The van der Waals surface area contributed by atoms with E-state index in [4.69, 9.17) is 4.74 Å². The summed E-state index contributed by atoms with van der Waals surface area (Å²) in [5.74, 6) is 0.289. The molecule has 0 aromatic heterocycles. The number of nitrogens with zero attached hydrogens (tertiary/aromatic N) is 1. The van der Waals surface area contributed by atoms with E-state index in [2.05, 4.69) is 0 Å². The molecule has 0 atom stereocenters. The highest BCUT2D eigenvalue weighted by atomic mass is 16.6. The van der Waals surface area contributed by atoms with Gasteiger partial charge in [-0.15, -0.1) is 0 Å². The van der Waals surface area contributed by atoms with Crippen molar-refractivity contribution in [2.45, 2.75) is 70.4 Å². The normalized spacial score (nSPS) is 23.5. The molecule has 2 aliphatic rings. The summed E-state index contributed by atoms with van der Waals surface area (Å²) in [6, 6.07) is 0. The molecule has 1 spiro atoms. The molecule has 18 heavy (non-hydrogen) atoms. The van der Waals surface area contributed by atoms with Gasteiger partial charge in [-0.3, -0.25) is 4.79 Å². The second-order valence-electron chi connectivity index (χ2n) is 6.53. The van der Waals surface area contributed by atoms with Gasteiger partial charge in [-0.05, 0) is 33.6 Å². The summed E-state index contributed by atoms with van der Waals surface area (Å²) < 4.78 is 5.47. The Balaban J connectivity index is 2.14. The van der Waals surface area contributed by atoms with Gasteiger partial charge in [0.15, 0.2) is 0 Å². The van der Waals surface area contributed by atoms with Crippen molar-refractivity contribution >= 4 is 11.9 Å². The van der Waals surface area contributed by atoms with Gasteiger partial charge in [-0.25, -0.2) is 4.79 Å². The van der Waals surface area contributed by atoms with Crippen LogP contribution in [0.4, 0.5) is 4.79 Å². The number of rotatable bonds is 0. The van der Waals surface area contributed by atoms with Gasteiger partial charge in [0.1, 0.15) is 11.4 Å². The maximum absolute atomic E-state index is 12.3. The van der Waals surface area contributed by atoms with Crippen LogP contribution in [0.5, 0.6) is 0 Å².